The molecule has 0 aliphatic rings. The molecule has 0 bridgehead atoms. The molecule has 1 unspecified atom stereocenters. The minimum Gasteiger partial charge on any atom is -0.398 e. The van der Waals surface area contributed by atoms with E-state index >= 15 is 0 Å². The van der Waals surface area contributed by atoms with Crippen molar-refractivity contribution in [3.8, 4) is 11.4 Å². The molecule has 0 radical (unpaired) electrons. The number of aryl methyl sites for hydroxylation is 1. The van der Waals surface area contributed by atoms with Crippen molar-refractivity contribution in [1.29, 1.82) is 0 Å². The molecule has 0 spiro atoms. The Morgan fingerprint density at radius 2 is 2.00 bits per heavy atom. The Hall–Kier alpha value is -1.91. The number of tetrazole rings is 1. The normalized spacial score (nSPS) is 12.9. The maximum Gasteiger partial charge on any atom is 0.184 e. The number of hydrogen-bond acceptors (Lipinski definition) is 4. The van der Waals surface area contributed by atoms with Gasteiger partial charge in [0.1, 0.15) is 0 Å². The fourth-order valence-electron chi connectivity index (χ4n) is 1.99. The standard InChI is InChI=1S/C14H21N5/c1-9(2)11(4)8-19-14(16-17-18-19)13-10(3)6-5-7-12(13)15/h5-7,9,11H,8,15H2,1-4H3. The second kappa shape index (κ2) is 5.38. The molecule has 1 aromatic heterocycles. The molecular formula is C14H21N5. The SMILES string of the molecule is Cc1cccc(N)c1-c1nnnn1CC(C)C(C)C. The van der Waals surface area contributed by atoms with Crippen molar-refractivity contribution in [2.75, 3.05) is 5.73 Å². The Morgan fingerprint density at radius 3 is 2.63 bits per heavy atom. The molecule has 0 aliphatic heterocycles. The van der Waals surface area contributed by atoms with Crippen LogP contribution in [0.25, 0.3) is 11.4 Å². The molecule has 1 aromatic carbocycles. The second-order valence-corrected chi connectivity index (χ2v) is 5.45. The van der Waals surface area contributed by atoms with Crippen molar-refractivity contribution in [1.82, 2.24) is 20.2 Å². The van der Waals surface area contributed by atoms with Crippen molar-refractivity contribution in [3.63, 3.8) is 0 Å². The van der Waals surface area contributed by atoms with Gasteiger partial charge in [0.2, 0.25) is 0 Å². The van der Waals surface area contributed by atoms with Crippen LogP contribution in [-0.2, 0) is 6.54 Å². The first-order chi connectivity index (χ1) is 9.00. The van der Waals surface area contributed by atoms with Gasteiger partial charge in [-0.15, -0.1) is 5.10 Å². The maximum atomic E-state index is 6.06. The van der Waals surface area contributed by atoms with Gasteiger partial charge in [0, 0.05) is 17.8 Å². The number of aromatic nitrogens is 4. The van der Waals surface area contributed by atoms with Crippen LogP contribution in [0.1, 0.15) is 26.3 Å². The van der Waals surface area contributed by atoms with Crippen LogP contribution in [0.2, 0.25) is 0 Å². The lowest BCUT2D eigenvalue weighted by atomic mass is 9.98. The van der Waals surface area contributed by atoms with Gasteiger partial charge in [0.05, 0.1) is 0 Å². The van der Waals surface area contributed by atoms with E-state index in [0.717, 1.165) is 23.5 Å². The van der Waals surface area contributed by atoms with Gasteiger partial charge in [0.25, 0.3) is 0 Å². The lowest BCUT2D eigenvalue weighted by molar-refractivity contribution is 0.347. The zero-order valence-electron chi connectivity index (χ0n) is 12.0. The van der Waals surface area contributed by atoms with Gasteiger partial charge in [-0.1, -0.05) is 32.9 Å². The van der Waals surface area contributed by atoms with Gasteiger partial charge in [-0.25, -0.2) is 4.68 Å². The zero-order valence-corrected chi connectivity index (χ0v) is 12.0. The molecule has 2 rings (SSSR count). The Kier molecular flexibility index (Phi) is 3.83. The third-order valence-corrected chi connectivity index (χ3v) is 3.66. The van der Waals surface area contributed by atoms with Gasteiger partial charge < -0.3 is 5.73 Å². The van der Waals surface area contributed by atoms with Crippen LogP contribution in [-0.4, -0.2) is 20.2 Å². The molecule has 5 heteroatoms. The monoisotopic (exact) mass is 259 g/mol. The van der Waals surface area contributed by atoms with E-state index in [4.69, 9.17) is 5.73 Å². The quantitative estimate of drug-likeness (QED) is 0.856. The van der Waals surface area contributed by atoms with Crippen LogP contribution >= 0.6 is 0 Å². The molecule has 0 saturated heterocycles. The highest BCUT2D eigenvalue weighted by Crippen LogP contribution is 2.27. The minimum atomic E-state index is 0.507. The number of nitrogen functional groups attached to an aromatic ring is 1. The molecule has 2 N–H and O–H groups in total. The van der Waals surface area contributed by atoms with Crippen molar-refractivity contribution in [2.45, 2.75) is 34.2 Å². The van der Waals surface area contributed by atoms with Gasteiger partial charge in [-0.3, -0.25) is 0 Å². The summed E-state index contributed by atoms with van der Waals surface area (Å²) in [6, 6.07) is 5.85. The molecule has 102 valence electrons. The molecule has 1 atom stereocenters. The first-order valence-electron chi connectivity index (χ1n) is 6.62. The predicted molar refractivity (Wildman–Crippen MR) is 76.4 cm³/mol. The number of benzene rings is 1. The van der Waals surface area contributed by atoms with E-state index in [2.05, 4.69) is 36.3 Å². The summed E-state index contributed by atoms with van der Waals surface area (Å²) in [5.74, 6) is 1.85. The summed E-state index contributed by atoms with van der Waals surface area (Å²) >= 11 is 0. The second-order valence-electron chi connectivity index (χ2n) is 5.45. The van der Waals surface area contributed by atoms with Gasteiger partial charge >= 0.3 is 0 Å². The maximum absolute atomic E-state index is 6.06. The third kappa shape index (κ3) is 2.75. The number of hydrogen-bond donors (Lipinski definition) is 1. The average Bonchev–Trinajstić information content (AvgIpc) is 2.77. The van der Waals surface area contributed by atoms with E-state index in [0.29, 0.717) is 17.5 Å². The van der Waals surface area contributed by atoms with Crippen molar-refractivity contribution in [2.24, 2.45) is 11.8 Å². The average molecular weight is 259 g/mol. The van der Waals surface area contributed by atoms with E-state index in [1.807, 2.05) is 29.8 Å². The summed E-state index contributed by atoms with van der Waals surface area (Å²) < 4.78 is 1.85. The molecular weight excluding hydrogens is 238 g/mol. The van der Waals surface area contributed by atoms with Crippen molar-refractivity contribution < 1.29 is 0 Å². The first kappa shape index (κ1) is 13.5. The number of nitrogens with two attached hydrogens (primary N) is 1. The molecule has 0 amide bonds. The Morgan fingerprint density at radius 1 is 1.26 bits per heavy atom. The van der Waals surface area contributed by atoms with E-state index in [-0.39, 0.29) is 0 Å². The molecule has 19 heavy (non-hydrogen) atoms. The summed E-state index contributed by atoms with van der Waals surface area (Å²) in [6.07, 6.45) is 0. The fourth-order valence-corrected chi connectivity index (χ4v) is 1.99. The summed E-state index contributed by atoms with van der Waals surface area (Å²) in [4.78, 5) is 0. The Bertz CT molecular complexity index is 538. The summed E-state index contributed by atoms with van der Waals surface area (Å²) in [5.41, 5.74) is 8.80. The van der Waals surface area contributed by atoms with Crippen LogP contribution in [0.5, 0.6) is 0 Å². The highest BCUT2D eigenvalue weighted by atomic mass is 15.5. The van der Waals surface area contributed by atoms with Gasteiger partial charge in [0.15, 0.2) is 5.82 Å². The zero-order chi connectivity index (χ0) is 14.0. The molecule has 5 nitrogen and oxygen atoms in total. The third-order valence-electron chi connectivity index (χ3n) is 3.66. The highest BCUT2D eigenvalue weighted by molar-refractivity contribution is 5.74. The molecule has 0 saturated carbocycles. The summed E-state index contributed by atoms with van der Waals surface area (Å²) in [5, 5.41) is 12.0. The predicted octanol–water partition coefficient (Wildman–Crippen LogP) is 2.52. The van der Waals surface area contributed by atoms with Gasteiger partial charge in [-0.2, -0.15) is 0 Å². The summed E-state index contributed by atoms with van der Waals surface area (Å²) in [6.45, 7) is 9.44. The van der Waals surface area contributed by atoms with Crippen LogP contribution in [0, 0.1) is 18.8 Å². The molecule has 1 heterocycles. The van der Waals surface area contributed by atoms with Crippen LogP contribution in [0.3, 0.4) is 0 Å². The lowest BCUT2D eigenvalue weighted by Gasteiger charge is -2.16. The van der Waals surface area contributed by atoms with Crippen LogP contribution in [0.4, 0.5) is 5.69 Å². The van der Waals surface area contributed by atoms with E-state index in [9.17, 15) is 0 Å². The minimum absolute atomic E-state index is 0.507. The lowest BCUT2D eigenvalue weighted by Crippen LogP contribution is -2.15. The van der Waals surface area contributed by atoms with E-state index < -0.39 is 0 Å². The largest absolute Gasteiger partial charge is 0.398 e. The van der Waals surface area contributed by atoms with Crippen molar-refractivity contribution in [3.05, 3.63) is 23.8 Å². The van der Waals surface area contributed by atoms with E-state index in [1.54, 1.807) is 0 Å². The molecule has 0 fully saturated rings. The number of rotatable bonds is 4. The fraction of sp³-hybridized carbons (Fsp3) is 0.500. The summed E-state index contributed by atoms with van der Waals surface area (Å²) in [7, 11) is 0. The number of nitrogens with zero attached hydrogens (tertiary/aromatic N) is 4. The van der Waals surface area contributed by atoms with E-state index in [1.165, 1.54) is 0 Å². The van der Waals surface area contributed by atoms with Crippen LogP contribution in [0.15, 0.2) is 18.2 Å². The topological polar surface area (TPSA) is 69.6 Å². The molecule has 2 aromatic rings. The highest BCUT2D eigenvalue weighted by Gasteiger charge is 2.17. The van der Waals surface area contributed by atoms with Crippen LogP contribution < -0.4 is 5.73 Å². The van der Waals surface area contributed by atoms with Crippen molar-refractivity contribution >= 4 is 5.69 Å². The Balaban J connectivity index is 2.39. The van der Waals surface area contributed by atoms with Gasteiger partial charge in [-0.05, 0) is 40.8 Å². The smallest absolute Gasteiger partial charge is 0.184 e. The number of anilines is 1. The molecule has 0 aliphatic carbocycles. The first-order valence-corrected chi connectivity index (χ1v) is 6.62. The Labute approximate surface area is 113 Å².